The fourth-order valence-electron chi connectivity index (χ4n) is 2.90. The molecule has 3 rings (SSSR count). The normalized spacial score (nSPS) is 26.0. The Kier molecular flexibility index (Phi) is 4.18. The molecule has 1 fully saturated rings. The molecule has 3 aliphatic heterocycles. The quantitative estimate of drug-likeness (QED) is 0.765. The first-order chi connectivity index (χ1) is 10.5. The smallest absolute Gasteiger partial charge is 0.261 e. The van der Waals surface area contributed by atoms with E-state index in [4.69, 9.17) is 0 Å². The average molecular weight is 320 g/mol. The molecule has 1 atom stereocenters. The number of allylic oxidation sites excluding steroid dienone is 1. The second-order valence-corrected chi connectivity index (χ2v) is 7.11. The monoisotopic (exact) mass is 320 g/mol. The summed E-state index contributed by atoms with van der Waals surface area (Å²) in [4.78, 5) is 37.5. The molecule has 7 heteroatoms. The first kappa shape index (κ1) is 15.4. The Hall–Kier alpha value is -1.47. The van der Waals surface area contributed by atoms with E-state index in [1.54, 1.807) is 18.7 Å². The number of hydrogen-bond acceptors (Lipinski definition) is 5. The summed E-state index contributed by atoms with van der Waals surface area (Å²) in [5, 5.41) is 0.868. The van der Waals surface area contributed by atoms with Crippen molar-refractivity contribution in [1.29, 1.82) is 0 Å². The molecular weight excluding hydrogens is 300 g/mol. The van der Waals surface area contributed by atoms with Crippen molar-refractivity contribution in [2.24, 2.45) is 15.9 Å². The highest BCUT2D eigenvalue weighted by molar-refractivity contribution is 8.17. The van der Waals surface area contributed by atoms with Gasteiger partial charge in [-0.3, -0.25) is 14.5 Å². The summed E-state index contributed by atoms with van der Waals surface area (Å²) in [6, 6.07) is 0. The van der Waals surface area contributed by atoms with Crippen LogP contribution in [0, 0.1) is 5.92 Å². The summed E-state index contributed by atoms with van der Waals surface area (Å²) in [5.74, 6) is 0.377. The van der Waals surface area contributed by atoms with Crippen molar-refractivity contribution in [2.45, 2.75) is 20.8 Å². The molecule has 2 amide bonds. The summed E-state index contributed by atoms with van der Waals surface area (Å²) in [6.45, 7) is 9.22. The summed E-state index contributed by atoms with van der Waals surface area (Å²) in [7, 11) is 0. The highest BCUT2D eigenvalue weighted by atomic mass is 32.2. The van der Waals surface area contributed by atoms with Gasteiger partial charge in [-0.05, 0) is 24.3 Å². The molecule has 1 unspecified atom stereocenters. The number of thioether (sulfide) groups is 1. The van der Waals surface area contributed by atoms with Crippen LogP contribution in [-0.4, -0.2) is 65.2 Å². The zero-order chi connectivity index (χ0) is 15.9. The number of hydrogen-bond donors (Lipinski definition) is 0. The number of amidine groups is 1. The van der Waals surface area contributed by atoms with Gasteiger partial charge in [0.05, 0.1) is 11.6 Å². The lowest BCUT2D eigenvalue weighted by atomic mass is 10.0. The largest absolute Gasteiger partial charge is 0.340 e. The van der Waals surface area contributed by atoms with Crippen LogP contribution in [0.15, 0.2) is 20.5 Å². The molecule has 0 aromatic carbocycles. The third-order valence-corrected chi connectivity index (χ3v) is 5.57. The van der Waals surface area contributed by atoms with E-state index < -0.39 is 0 Å². The standard InChI is InChI=1S/C15H20N4O2S/c1-9-10(2)22-15-13(9)14(21)16-12(17-15)8-18-4-6-19(7-5-18)11(3)20/h13H,4-8H2,1-3H3. The first-order valence-corrected chi connectivity index (χ1v) is 8.30. The van der Waals surface area contributed by atoms with Crippen LogP contribution < -0.4 is 0 Å². The number of amides is 2. The lowest BCUT2D eigenvalue weighted by Crippen LogP contribution is -2.49. The van der Waals surface area contributed by atoms with E-state index in [0.29, 0.717) is 12.4 Å². The molecule has 0 saturated carbocycles. The van der Waals surface area contributed by atoms with Gasteiger partial charge in [-0.1, -0.05) is 11.8 Å². The third-order valence-electron chi connectivity index (χ3n) is 4.40. The first-order valence-electron chi connectivity index (χ1n) is 7.49. The van der Waals surface area contributed by atoms with Crippen LogP contribution in [0.2, 0.25) is 0 Å². The molecule has 6 nitrogen and oxygen atoms in total. The summed E-state index contributed by atoms with van der Waals surface area (Å²) in [5.41, 5.74) is 1.08. The van der Waals surface area contributed by atoms with Crippen molar-refractivity contribution in [2.75, 3.05) is 32.7 Å². The highest BCUT2D eigenvalue weighted by Crippen LogP contribution is 2.39. The van der Waals surface area contributed by atoms with Crippen LogP contribution in [0.1, 0.15) is 20.8 Å². The minimum Gasteiger partial charge on any atom is -0.340 e. The van der Waals surface area contributed by atoms with Gasteiger partial charge < -0.3 is 4.90 Å². The van der Waals surface area contributed by atoms with Crippen molar-refractivity contribution in [3.63, 3.8) is 0 Å². The minimum absolute atomic E-state index is 0.0933. The fourth-order valence-corrected chi connectivity index (χ4v) is 4.04. The predicted octanol–water partition coefficient (Wildman–Crippen LogP) is 1.14. The number of nitrogens with zero attached hydrogens (tertiary/aromatic N) is 4. The molecule has 0 aromatic rings. The summed E-state index contributed by atoms with van der Waals surface area (Å²) >= 11 is 1.59. The van der Waals surface area contributed by atoms with Crippen LogP contribution >= 0.6 is 11.8 Å². The van der Waals surface area contributed by atoms with Crippen LogP contribution in [0.5, 0.6) is 0 Å². The van der Waals surface area contributed by atoms with Crippen LogP contribution in [-0.2, 0) is 9.59 Å². The second-order valence-electron chi connectivity index (χ2n) is 5.87. The van der Waals surface area contributed by atoms with E-state index in [9.17, 15) is 9.59 Å². The lowest BCUT2D eigenvalue weighted by molar-refractivity contribution is -0.130. The number of rotatable bonds is 2. The van der Waals surface area contributed by atoms with Crippen LogP contribution in [0.3, 0.4) is 0 Å². The molecule has 3 heterocycles. The maximum atomic E-state index is 12.2. The lowest BCUT2D eigenvalue weighted by Gasteiger charge is -2.34. The summed E-state index contributed by atoms with van der Waals surface area (Å²) in [6.07, 6.45) is 0. The molecule has 0 N–H and O–H groups in total. The van der Waals surface area contributed by atoms with Gasteiger partial charge in [-0.2, -0.15) is 4.99 Å². The van der Waals surface area contributed by atoms with Gasteiger partial charge in [0.2, 0.25) is 5.91 Å². The van der Waals surface area contributed by atoms with Gasteiger partial charge in [0.15, 0.2) is 0 Å². The van der Waals surface area contributed by atoms with E-state index in [0.717, 1.165) is 41.7 Å². The maximum absolute atomic E-state index is 12.2. The van der Waals surface area contributed by atoms with Gasteiger partial charge in [-0.15, -0.1) is 0 Å². The SMILES string of the molecule is CC(=O)N1CCN(CC2=NC(=O)C3C(=N2)SC(C)=C3C)CC1. The third kappa shape index (κ3) is 2.87. The number of fused-ring (bicyclic) bond motifs is 1. The molecule has 0 aromatic heterocycles. The molecular formula is C15H20N4O2S. The van der Waals surface area contributed by atoms with Crippen molar-refractivity contribution < 1.29 is 9.59 Å². The van der Waals surface area contributed by atoms with Crippen molar-refractivity contribution in [3.05, 3.63) is 10.5 Å². The van der Waals surface area contributed by atoms with Gasteiger partial charge in [0.25, 0.3) is 5.91 Å². The van der Waals surface area contributed by atoms with E-state index in [1.807, 2.05) is 18.7 Å². The van der Waals surface area contributed by atoms with Crippen LogP contribution in [0.25, 0.3) is 0 Å². The Bertz CT molecular complexity index is 615. The second kappa shape index (κ2) is 5.96. The van der Waals surface area contributed by atoms with Gasteiger partial charge in [0, 0.05) is 33.1 Å². The Morgan fingerprint density at radius 2 is 1.91 bits per heavy atom. The van der Waals surface area contributed by atoms with E-state index in [1.165, 1.54) is 0 Å². The highest BCUT2D eigenvalue weighted by Gasteiger charge is 2.37. The average Bonchev–Trinajstić information content (AvgIpc) is 2.75. The molecule has 0 aliphatic carbocycles. The summed E-state index contributed by atoms with van der Waals surface area (Å²) < 4.78 is 0. The molecule has 0 radical (unpaired) electrons. The van der Waals surface area contributed by atoms with Crippen molar-refractivity contribution in [3.8, 4) is 0 Å². The fraction of sp³-hybridized carbons (Fsp3) is 0.600. The molecule has 1 saturated heterocycles. The zero-order valence-corrected chi connectivity index (χ0v) is 13.9. The van der Waals surface area contributed by atoms with Gasteiger partial charge >= 0.3 is 0 Å². The Morgan fingerprint density at radius 1 is 1.23 bits per heavy atom. The molecule has 0 bridgehead atoms. The molecule has 0 spiro atoms. The molecule has 22 heavy (non-hydrogen) atoms. The van der Waals surface area contributed by atoms with E-state index in [-0.39, 0.29) is 17.7 Å². The van der Waals surface area contributed by atoms with Crippen molar-refractivity contribution in [1.82, 2.24) is 9.80 Å². The van der Waals surface area contributed by atoms with Crippen LogP contribution in [0.4, 0.5) is 0 Å². The predicted molar refractivity (Wildman–Crippen MR) is 88.0 cm³/mol. The van der Waals surface area contributed by atoms with E-state index >= 15 is 0 Å². The minimum atomic E-state index is -0.247. The number of carbonyl (C=O) groups excluding carboxylic acids is 2. The van der Waals surface area contributed by atoms with E-state index in [2.05, 4.69) is 14.9 Å². The number of piperazine rings is 1. The Morgan fingerprint density at radius 3 is 2.55 bits per heavy atom. The Labute approximate surface area is 134 Å². The van der Waals surface area contributed by atoms with Gasteiger partial charge in [0.1, 0.15) is 11.8 Å². The zero-order valence-electron chi connectivity index (χ0n) is 13.1. The molecule has 118 valence electrons. The number of carbonyl (C=O) groups is 2. The van der Waals surface area contributed by atoms with Crippen molar-refractivity contribution >= 4 is 34.5 Å². The topological polar surface area (TPSA) is 65.3 Å². The molecule has 3 aliphatic rings. The Balaban J connectivity index is 1.64. The van der Waals surface area contributed by atoms with Gasteiger partial charge in [-0.25, -0.2) is 4.99 Å². The maximum Gasteiger partial charge on any atom is 0.261 e. The number of aliphatic imine (C=N–C) groups is 2.